The number of morpholine rings is 1. The summed E-state index contributed by atoms with van der Waals surface area (Å²) in [5, 5.41) is 0. The molecule has 0 radical (unpaired) electrons. The molecule has 4 heteroatoms. The van der Waals surface area contributed by atoms with E-state index >= 15 is 0 Å². The molecular weight excluding hydrogens is 274 g/mol. The second-order valence-corrected chi connectivity index (χ2v) is 5.61. The standard InChI is InChI=1S/C18H29N3O/c1-3-21(4-2)18-8-6-17(7-9-18)16-19-10-5-11-20-12-14-22-15-13-20/h6-9,16H,3-5,10-15H2,1-2H3. The van der Waals surface area contributed by atoms with Crippen LogP contribution in [0.2, 0.25) is 0 Å². The van der Waals surface area contributed by atoms with Crippen molar-refractivity contribution in [2.45, 2.75) is 20.3 Å². The average molecular weight is 303 g/mol. The second kappa shape index (κ2) is 9.59. The minimum atomic E-state index is 0.877. The second-order valence-electron chi connectivity index (χ2n) is 5.61. The Morgan fingerprint density at radius 2 is 1.82 bits per heavy atom. The first-order valence-corrected chi connectivity index (χ1v) is 8.48. The number of ether oxygens (including phenoxy) is 1. The maximum Gasteiger partial charge on any atom is 0.0594 e. The third-order valence-corrected chi connectivity index (χ3v) is 4.13. The monoisotopic (exact) mass is 303 g/mol. The Bertz CT molecular complexity index is 434. The van der Waals surface area contributed by atoms with Crippen molar-refractivity contribution in [3.8, 4) is 0 Å². The zero-order valence-electron chi connectivity index (χ0n) is 14.0. The van der Waals surface area contributed by atoms with Crippen LogP contribution in [0.1, 0.15) is 25.8 Å². The van der Waals surface area contributed by atoms with Gasteiger partial charge in [-0.05, 0) is 38.0 Å². The van der Waals surface area contributed by atoms with Crippen LogP contribution in [0.3, 0.4) is 0 Å². The summed E-state index contributed by atoms with van der Waals surface area (Å²) in [7, 11) is 0. The zero-order valence-corrected chi connectivity index (χ0v) is 14.0. The van der Waals surface area contributed by atoms with Crippen molar-refractivity contribution in [1.82, 2.24) is 4.90 Å². The van der Waals surface area contributed by atoms with E-state index < -0.39 is 0 Å². The molecule has 122 valence electrons. The molecule has 1 aromatic rings. The van der Waals surface area contributed by atoms with Crippen molar-refractivity contribution in [3.05, 3.63) is 29.8 Å². The summed E-state index contributed by atoms with van der Waals surface area (Å²) in [6, 6.07) is 8.67. The highest BCUT2D eigenvalue weighted by atomic mass is 16.5. The molecule has 4 nitrogen and oxygen atoms in total. The van der Waals surface area contributed by atoms with E-state index in [4.69, 9.17) is 4.74 Å². The third-order valence-electron chi connectivity index (χ3n) is 4.13. The SMILES string of the molecule is CCN(CC)c1ccc(C=NCCCN2CCOCC2)cc1. The first-order chi connectivity index (χ1) is 10.8. The molecule has 0 unspecified atom stereocenters. The Hall–Kier alpha value is -1.39. The van der Waals surface area contributed by atoms with Crippen LogP contribution in [0.15, 0.2) is 29.3 Å². The van der Waals surface area contributed by atoms with Gasteiger partial charge in [-0.3, -0.25) is 9.89 Å². The lowest BCUT2D eigenvalue weighted by molar-refractivity contribution is 0.0377. The molecule has 2 rings (SSSR count). The van der Waals surface area contributed by atoms with Crippen LogP contribution < -0.4 is 4.90 Å². The molecule has 1 aromatic carbocycles. The van der Waals surface area contributed by atoms with Gasteiger partial charge in [-0.1, -0.05) is 12.1 Å². The molecule has 0 aliphatic carbocycles. The summed E-state index contributed by atoms with van der Waals surface area (Å²) in [6.07, 6.45) is 3.11. The predicted molar refractivity (Wildman–Crippen MR) is 94.3 cm³/mol. The molecule has 0 atom stereocenters. The highest BCUT2D eigenvalue weighted by molar-refractivity contribution is 5.80. The van der Waals surface area contributed by atoms with Gasteiger partial charge in [0.15, 0.2) is 0 Å². The van der Waals surface area contributed by atoms with Gasteiger partial charge in [0.25, 0.3) is 0 Å². The molecule has 0 N–H and O–H groups in total. The first kappa shape index (κ1) is 17.0. The van der Waals surface area contributed by atoms with Crippen LogP contribution in [-0.2, 0) is 4.74 Å². The number of hydrogen-bond donors (Lipinski definition) is 0. The van der Waals surface area contributed by atoms with Crippen LogP contribution in [0.4, 0.5) is 5.69 Å². The van der Waals surface area contributed by atoms with Gasteiger partial charge in [0.2, 0.25) is 0 Å². The molecule has 0 spiro atoms. The fourth-order valence-electron chi connectivity index (χ4n) is 2.74. The number of aliphatic imine (C=N–C) groups is 1. The molecule has 1 heterocycles. The highest BCUT2D eigenvalue weighted by Gasteiger charge is 2.08. The molecule has 0 aromatic heterocycles. The van der Waals surface area contributed by atoms with Gasteiger partial charge in [0.1, 0.15) is 0 Å². The van der Waals surface area contributed by atoms with Crippen molar-refractivity contribution < 1.29 is 4.74 Å². The summed E-state index contributed by atoms with van der Waals surface area (Å²) in [4.78, 5) is 9.35. The molecule has 0 bridgehead atoms. The Morgan fingerprint density at radius 1 is 1.14 bits per heavy atom. The molecule has 1 aliphatic heterocycles. The Morgan fingerprint density at radius 3 is 2.45 bits per heavy atom. The lowest BCUT2D eigenvalue weighted by Gasteiger charge is -2.26. The van der Waals surface area contributed by atoms with E-state index in [-0.39, 0.29) is 0 Å². The third kappa shape index (κ3) is 5.43. The first-order valence-electron chi connectivity index (χ1n) is 8.48. The lowest BCUT2D eigenvalue weighted by Crippen LogP contribution is -2.37. The number of nitrogens with zero attached hydrogens (tertiary/aromatic N) is 3. The van der Waals surface area contributed by atoms with Crippen LogP contribution in [-0.4, -0.2) is 63.6 Å². The number of benzene rings is 1. The van der Waals surface area contributed by atoms with Crippen molar-refractivity contribution in [2.75, 3.05) is 57.4 Å². The summed E-state index contributed by atoms with van der Waals surface area (Å²) >= 11 is 0. The van der Waals surface area contributed by atoms with E-state index in [2.05, 4.69) is 52.9 Å². The van der Waals surface area contributed by atoms with Crippen molar-refractivity contribution >= 4 is 11.9 Å². The number of hydrogen-bond acceptors (Lipinski definition) is 4. The van der Waals surface area contributed by atoms with Gasteiger partial charge >= 0.3 is 0 Å². The summed E-state index contributed by atoms with van der Waals surface area (Å²) in [5.74, 6) is 0. The average Bonchev–Trinajstić information content (AvgIpc) is 2.58. The lowest BCUT2D eigenvalue weighted by atomic mass is 10.2. The fraction of sp³-hybridized carbons (Fsp3) is 0.611. The minimum Gasteiger partial charge on any atom is -0.379 e. The van der Waals surface area contributed by atoms with Crippen molar-refractivity contribution in [1.29, 1.82) is 0 Å². The molecular formula is C18H29N3O. The minimum absolute atomic E-state index is 0.877. The van der Waals surface area contributed by atoms with Gasteiger partial charge in [-0.2, -0.15) is 0 Å². The zero-order chi connectivity index (χ0) is 15.6. The van der Waals surface area contributed by atoms with Crippen LogP contribution >= 0.6 is 0 Å². The largest absolute Gasteiger partial charge is 0.379 e. The van der Waals surface area contributed by atoms with E-state index in [1.54, 1.807) is 0 Å². The van der Waals surface area contributed by atoms with Gasteiger partial charge < -0.3 is 9.64 Å². The van der Waals surface area contributed by atoms with E-state index in [1.165, 1.54) is 11.3 Å². The smallest absolute Gasteiger partial charge is 0.0594 e. The van der Waals surface area contributed by atoms with Crippen LogP contribution in [0, 0.1) is 0 Å². The maximum atomic E-state index is 5.35. The summed E-state index contributed by atoms with van der Waals surface area (Å²) in [6.45, 7) is 12.4. The van der Waals surface area contributed by atoms with Crippen molar-refractivity contribution in [2.24, 2.45) is 4.99 Å². The molecule has 22 heavy (non-hydrogen) atoms. The topological polar surface area (TPSA) is 28.1 Å². The predicted octanol–water partition coefficient (Wildman–Crippen LogP) is 2.67. The Kier molecular flexibility index (Phi) is 7.40. The van der Waals surface area contributed by atoms with E-state index in [1.807, 2.05) is 6.21 Å². The fourth-order valence-corrected chi connectivity index (χ4v) is 2.74. The normalized spacial score (nSPS) is 16.3. The van der Waals surface area contributed by atoms with Gasteiger partial charge in [-0.15, -0.1) is 0 Å². The quantitative estimate of drug-likeness (QED) is 0.546. The summed E-state index contributed by atoms with van der Waals surface area (Å²) < 4.78 is 5.35. The van der Waals surface area contributed by atoms with E-state index in [9.17, 15) is 0 Å². The number of anilines is 1. The van der Waals surface area contributed by atoms with Gasteiger partial charge in [0, 0.05) is 51.2 Å². The maximum absolute atomic E-state index is 5.35. The molecule has 0 saturated carbocycles. The van der Waals surface area contributed by atoms with E-state index in [0.717, 1.165) is 58.9 Å². The highest BCUT2D eigenvalue weighted by Crippen LogP contribution is 2.14. The van der Waals surface area contributed by atoms with Crippen LogP contribution in [0.25, 0.3) is 0 Å². The molecule has 0 amide bonds. The van der Waals surface area contributed by atoms with E-state index in [0.29, 0.717) is 0 Å². The van der Waals surface area contributed by atoms with Gasteiger partial charge in [-0.25, -0.2) is 0 Å². The molecule has 1 aliphatic rings. The Labute approximate surface area is 134 Å². The van der Waals surface area contributed by atoms with Crippen LogP contribution in [0.5, 0.6) is 0 Å². The number of rotatable bonds is 8. The van der Waals surface area contributed by atoms with Gasteiger partial charge in [0.05, 0.1) is 13.2 Å². The van der Waals surface area contributed by atoms with Crippen molar-refractivity contribution in [3.63, 3.8) is 0 Å². The molecule has 1 fully saturated rings. The molecule has 1 saturated heterocycles. The summed E-state index contributed by atoms with van der Waals surface area (Å²) in [5.41, 5.74) is 2.47. The Balaban J connectivity index is 1.71.